The molecule has 0 aliphatic carbocycles. The molecule has 0 nitrogen and oxygen atoms in total. The minimum absolute atomic E-state index is 0.281. The minimum atomic E-state index is -0.340. The third-order valence-corrected chi connectivity index (χ3v) is 4.55. The molecule has 0 N–H and O–H groups in total. The maximum Gasteiger partial charge on any atom is 0.124 e. The number of alkyl halides is 1. The second-order valence-electron chi connectivity index (χ2n) is 5.04. The first-order valence-corrected chi connectivity index (χ1v) is 7.94. The average Bonchev–Trinajstić information content (AvgIpc) is 2.45. The van der Waals surface area contributed by atoms with Crippen molar-refractivity contribution in [3.05, 3.63) is 69.4 Å². The summed E-state index contributed by atoms with van der Waals surface area (Å²) >= 11 is 9.75. The molecule has 2 aromatic rings. The van der Waals surface area contributed by atoms with E-state index in [4.69, 9.17) is 11.6 Å². The van der Waals surface area contributed by atoms with Crippen molar-refractivity contribution in [1.82, 2.24) is 0 Å². The Bertz CT molecular complexity index is 560. The van der Waals surface area contributed by atoms with Crippen molar-refractivity contribution < 1.29 is 4.39 Å². The molecule has 0 fully saturated rings. The van der Waals surface area contributed by atoms with Gasteiger partial charge in [0.2, 0.25) is 0 Å². The second kappa shape index (κ2) is 6.73. The van der Waals surface area contributed by atoms with Crippen LogP contribution >= 0.6 is 27.5 Å². The summed E-state index contributed by atoms with van der Waals surface area (Å²) in [5, 5.41) is -0.340. The molecule has 0 aromatic heterocycles. The lowest BCUT2D eigenvalue weighted by atomic mass is 9.96. The summed E-state index contributed by atoms with van der Waals surface area (Å²) in [6.07, 6.45) is 1.11. The van der Waals surface area contributed by atoms with Gasteiger partial charge in [0.1, 0.15) is 5.82 Å². The van der Waals surface area contributed by atoms with E-state index in [0.29, 0.717) is 10.4 Å². The molecule has 2 unspecified atom stereocenters. The zero-order chi connectivity index (χ0) is 14.7. The van der Waals surface area contributed by atoms with Gasteiger partial charge in [-0.2, -0.15) is 0 Å². The fraction of sp³-hybridized carbons (Fsp3) is 0.294. The van der Waals surface area contributed by atoms with Crippen molar-refractivity contribution in [1.29, 1.82) is 0 Å². The second-order valence-corrected chi connectivity index (χ2v) is 6.39. The van der Waals surface area contributed by atoms with Gasteiger partial charge in [0.15, 0.2) is 0 Å². The fourth-order valence-electron chi connectivity index (χ4n) is 2.14. The van der Waals surface area contributed by atoms with Crippen molar-refractivity contribution in [3.63, 3.8) is 0 Å². The third kappa shape index (κ3) is 3.62. The first-order valence-electron chi connectivity index (χ1n) is 6.71. The lowest BCUT2D eigenvalue weighted by molar-refractivity contribution is 0.625. The van der Waals surface area contributed by atoms with Crippen LogP contribution in [0.2, 0.25) is 0 Å². The molecule has 2 atom stereocenters. The maximum absolute atomic E-state index is 13.4. The summed E-state index contributed by atoms with van der Waals surface area (Å²) < 4.78 is 14.1. The van der Waals surface area contributed by atoms with Gasteiger partial charge in [-0.25, -0.2) is 4.39 Å². The molecule has 20 heavy (non-hydrogen) atoms. The van der Waals surface area contributed by atoms with Crippen LogP contribution in [-0.4, -0.2) is 0 Å². The molecule has 0 heterocycles. The predicted octanol–water partition coefficient (Wildman–Crippen LogP) is 6.43. The zero-order valence-corrected chi connectivity index (χ0v) is 13.9. The highest BCUT2D eigenvalue weighted by molar-refractivity contribution is 9.10. The van der Waals surface area contributed by atoms with E-state index in [-0.39, 0.29) is 11.2 Å². The molecular weight excluding hydrogens is 339 g/mol. The van der Waals surface area contributed by atoms with Crippen molar-refractivity contribution in [2.75, 3.05) is 0 Å². The molecule has 2 aromatic carbocycles. The van der Waals surface area contributed by atoms with Crippen LogP contribution in [0.15, 0.2) is 46.9 Å². The lowest BCUT2D eigenvalue weighted by Crippen LogP contribution is -1.96. The number of hydrogen-bond donors (Lipinski definition) is 0. The van der Waals surface area contributed by atoms with Gasteiger partial charge in [0.05, 0.1) is 5.38 Å². The van der Waals surface area contributed by atoms with Crippen LogP contribution in [0.4, 0.5) is 4.39 Å². The van der Waals surface area contributed by atoms with E-state index in [9.17, 15) is 4.39 Å². The van der Waals surface area contributed by atoms with Crippen LogP contribution in [-0.2, 0) is 0 Å². The summed E-state index contributed by atoms with van der Waals surface area (Å²) in [7, 11) is 0. The van der Waals surface area contributed by atoms with Gasteiger partial charge < -0.3 is 0 Å². The van der Waals surface area contributed by atoms with Crippen LogP contribution in [0.3, 0.4) is 0 Å². The van der Waals surface area contributed by atoms with E-state index in [2.05, 4.69) is 41.9 Å². The van der Waals surface area contributed by atoms with Gasteiger partial charge >= 0.3 is 0 Å². The van der Waals surface area contributed by atoms with Gasteiger partial charge in [0.25, 0.3) is 0 Å². The van der Waals surface area contributed by atoms with Crippen molar-refractivity contribution in [2.24, 2.45) is 0 Å². The van der Waals surface area contributed by atoms with Crippen LogP contribution in [0.1, 0.15) is 48.3 Å². The van der Waals surface area contributed by atoms with E-state index in [1.807, 2.05) is 18.2 Å². The normalized spacial score (nSPS) is 14.1. The Labute approximate surface area is 133 Å². The van der Waals surface area contributed by atoms with Gasteiger partial charge in [-0.15, -0.1) is 11.6 Å². The molecule has 0 saturated carbocycles. The van der Waals surface area contributed by atoms with Crippen LogP contribution < -0.4 is 0 Å². The SMILES string of the molecule is CCC(C)c1ccc(C(Cl)c2cc(F)cc(Br)c2)cc1. The van der Waals surface area contributed by atoms with Gasteiger partial charge in [-0.3, -0.25) is 0 Å². The summed E-state index contributed by atoms with van der Waals surface area (Å²) in [5.41, 5.74) is 3.05. The fourth-order valence-corrected chi connectivity index (χ4v) is 2.90. The molecule has 0 spiro atoms. The van der Waals surface area contributed by atoms with Gasteiger partial charge in [0, 0.05) is 4.47 Å². The largest absolute Gasteiger partial charge is 0.207 e. The topological polar surface area (TPSA) is 0 Å². The Balaban J connectivity index is 2.26. The third-order valence-electron chi connectivity index (χ3n) is 3.59. The van der Waals surface area contributed by atoms with Gasteiger partial charge in [-0.1, -0.05) is 54.0 Å². The quantitative estimate of drug-likeness (QED) is 0.554. The highest BCUT2D eigenvalue weighted by Crippen LogP contribution is 2.32. The zero-order valence-electron chi connectivity index (χ0n) is 11.5. The number of rotatable bonds is 4. The Kier molecular flexibility index (Phi) is 5.22. The number of halogens is 3. The minimum Gasteiger partial charge on any atom is -0.207 e. The van der Waals surface area contributed by atoms with Crippen molar-refractivity contribution >= 4 is 27.5 Å². The molecule has 106 valence electrons. The van der Waals surface area contributed by atoms with Crippen molar-refractivity contribution in [2.45, 2.75) is 31.6 Å². The highest BCUT2D eigenvalue weighted by Gasteiger charge is 2.13. The Hall–Kier alpha value is -0.860. The predicted molar refractivity (Wildman–Crippen MR) is 86.9 cm³/mol. The van der Waals surface area contributed by atoms with Crippen LogP contribution in [0.5, 0.6) is 0 Å². The molecule has 0 amide bonds. The van der Waals surface area contributed by atoms with E-state index in [1.165, 1.54) is 17.7 Å². The molecular formula is C17H17BrClF. The highest BCUT2D eigenvalue weighted by atomic mass is 79.9. The van der Waals surface area contributed by atoms with Gasteiger partial charge in [-0.05, 0) is 47.2 Å². The van der Waals surface area contributed by atoms with Crippen molar-refractivity contribution in [3.8, 4) is 0 Å². The summed E-state index contributed by atoms with van der Waals surface area (Å²) in [4.78, 5) is 0. The monoisotopic (exact) mass is 354 g/mol. The van der Waals surface area contributed by atoms with Crippen LogP contribution in [0, 0.1) is 5.82 Å². The summed E-state index contributed by atoms with van der Waals surface area (Å²) in [6, 6.07) is 13.0. The lowest BCUT2D eigenvalue weighted by Gasteiger charge is -2.14. The van der Waals surface area contributed by atoms with E-state index >= 15 is 0 Å². The van der Waals surface area contributed by atoms with E-state index in [0.717, 1.165) is 17.5 Å². The molecule has 3 heteroatoms. The van der Waals surface area contributed by atoms with Crippen LogP contribution in [0.25, 0.3) is 0 Å². The molecule has 2 rings (SSSR count). The molecule has 0 bridgehead atoms. The first kappa shape index (κ1) is 15.5. The van der Waals surface area contributed by atoms with E-state index < -0.39 is 0 Å². The molecule has 0 saturated heterocycles. The Morgan fingerprint density at radius 3 is 2.20 bits per heavy atom. The summed E-state index contributed by atoms with van der Waals surface area (Å²) in [6.45, 7) is 4.38. The maximum atomic E-state index is 13.4. The Morgan fingerprint density at radius 1 is 1.05 bits per heavy atom. The first-order chi connectivity index (χ1) is 9.51. The molecule has 0 radical (unpaired) electrons. The Morgan fingerprint density at radius 2 is 1.65 bits per heavy atom. The molecule has 0 aliphatic rings. The smallest absolute Gasteiger partial charge is 0.124 e. The average molecular weight is 356 g/mol. The number of hydrogen-bond acceptors (Lipinski definition) is 0. The standard InChI is InChI=1S/C17H17BrClF/c1-3-11(2)12-4-6-13(7-5-12)17(19)14-8-15(18)10-16(20)9-14/h4-11,17H,3H2,1-2H3. The number of benzene rings is 2. The molecule has 0 aliphatic heterocycles. The van der Waals surface area contributed by atoms with E-state index in [1.54, 1.807) is 0 Å². The summed E-state index contributed by atoms with van der Waals surface area (Å²) in [5.74, 6) is 0.261.